The first kappa shape index (κ1) is 14.9. The molecule has 0 heterocycles. The largest absolute Gasteiger partial charge is 0.396 e. The molecule has 0 saturated heterocycles. The average Bonchev–Trinajstić information content (AvgIpc) is 2.13. The number of nitrogens with two attached hydrogens (primary N) is 1. The van der Waals surface area contributed by atoms with Gasteiger partial charge in [0.25, 0.3) is 0 Å². The molecular weight excluding hydrogens is 214 g/mol. The van der Waals surface area contributed by atoms with Crippen LogP contribution in [0.25, 0.3) is 0 Å². The van der Waals surface area contributed by atoms with Gasteiger partial charge in [0, 0.05) is 19.8 Å². The summed E-state index contributed by atoms with van der Waals surface area (Å²) < 4.78 is 6.05. The van der Waals surface area contributed by atoms with Gasteiger partial charge in [-0.15, -0.1) is 0 Å². The molecule has 0 bridgehead atoms. The topological polar surface area (TPSA) is 55.5 Å². The Hall–Kier alpha value is -0.120. The minimum Gasteiger partial charge on any atom is -0.396 e. The maximum atomic E-state index is 8.85. The second-order valence-corrected chi connectivity index (χ2v) is 7.17. The first-order valence-corrected chi connectivity index (χ1v) is 6.69. The van der Waals surface area contributed by atoms with Crippen LogP contribution in [-0.4, -0.2) is 30.5 Å². The van der Waals surface area contributed by atoms with E-state index in [0.29, 0.717) is 19.6 Å². The molecular formula is C14H29NO2. The molecule has 1 aliphatic rings. The van der Waals surface area contributed by atoms with Crippen LogP contribution < -0.4 is 5.73 Å². The van der Waals surface area contributed by atoms with Gasteiger partial charge in [-0.1, -0.05) is 27.7 Å². The summed E-state index contributed by atoms with van der Waals surface area (Å²) in [6, 6.07) is 0. The Balaban J connectivity index is 2.75. The lowest BCUT2D eigenvalue weighted by molar-refractivity contribution is -0.126. The van der Waals surface area contributed by atoms with Crippen molar-refractivity contribution < 1.29 is 9.84 Å². The smallest absolute Gasteiger partial charge is 0.0814 e. The number of hydrogen-bond donors (Lipinski definition) is 2. The predicted octanol–water partition coefficient (Wildman–Crippen LogP) is 2.32. The quantitative estimate of drug-likeness (QED) is 0.729. The fourth-order valence-electron chi connectivity index (χ4n) is 3.89. The molecule has 0 spiro atoms. The molecule has 0 radical (unpaired) electrons. The van der Waals surface area contributed by atoms with Crippen molar-refractivity contribution in [3.63, 3.8) is 0 Å². The van der Waals surface area contributed by atoms with Crippen molar-refractivity contribution in [3.05, 3.63) is 0 Å². The maximum Gasteiger partial charge on any atom is 0.0814 e. The highest BCUT2D eigenvalue weighted by Gasteiger charge is 2.47. The Morgan fingerprint density at radius 3 is 2.00 bits per heavy atom. The van der Waals surface area contributed by atoms with Crippen molar-refractivity contribution >= 4 is 0 Å². The lowest BCUT2D eigenvalue weighted by Gasteiger charge is -2.51. The zero-order valence-electron chi connectivity index (χ0n) is 11.9. The Morgan fingerprint density at radius 1 is 1.06 bits per heavy atom. The second kappa shape index (κ2) is 5.25. The summed E-state index contributed by atoms with van der Waals surface area (Å²) in [6.07, 6.45) is 3.95. The van der Waals surface area contributed by atoms with Crippen LogP contribution in [0.15, 0.2) is 0 Å². The van der Waals surface area contributed by atoms with E-state index in [4.69, 9.17) is 15.6 Å². The van der Waals surface area contributed by atoms with Gasteiger partial charge >= 0.3 is 0 Å². The molecule has 3 heteroatoms. The number of hydrogen-bond acceptors (Lipinski definition) is 3. The van der Waals surface area contributed by atoms with Gasteiger partial charge in [0.15, 0.2) is 0 Å². The van der Waals surface area contributed by atoms with Crippen LogP contribution in [0.1, 0.15) is 53.4 Å². The van der Waals surface area contributed by atoms with Crippen molar-refractivity contribution in [1.82, 2.24) is 0 Å². The molecule has 0 atom stereocenters. The van der Waals surface area contributed by atoms with Gasteiger partial charge in [0.2, 0.25) is 0 Å². The number of ether oxygens (including phenoxy) is 1. The van der Waals surface area contributed by atoms with Gasteiger partial charge in [-0.25, -0.2) is 0 Å². The van der Waals surface area contributed by atoms with Crippen molar-refractivity contribution in [3.8, 4) is 0 Å². The minimum absolute atomic E-state index is 0.188. The van der Waals surface area contributed by atoms with Crippen molar-refractivity contribution in [2.45, 2.75) is 59.0 Å². The third-order valence-corrected chi connectivity index (χ3v) is 3.64. The zero-order chi connectivity index (χ0) is 13.2. The predicted molar refractivity (Wildman–Crippen MR) is 70.9 cm³/mol. The summed E-state index contributed by atoms with van der Waals surface area (Å²) in [5.74, 6) is 0. The van der Waals surface area contributed by atoms with Gasteiger partial charge in [0.05, 0.1) is 5.60 Å². The van der Waals surface area contributed by atoms with Crippen molar-refractivity contribution in [2.75, 3.05) is 19.8 Å². The Kier molecular flexibility index (Phi) is 4.61. The van der Waals surface area contributed by atoms with Gasteiger partial charge < -0.3 is 15.6 Å². The van der Waals surface area contributed by atoms with E-state index < -0.39 is 0 Å². The molecule has 1 fully saturated rings. The molecule has 3 N–H and O–H groups in total. The molecule has 1 rings (SSSR count). The zero-order valence-corrected chi connectivity index (χ0v) is 11.9. The third-order valence-electron chi connectivity index (χ3n) is 3.64. The SMILES string of the molecule is CC1(C)CC(C)(C)CC(CN)(OCCCO)C1. The molecule has 0 unspecified atom stereocenters. The van der Waals surface area contributed by atoms with Gasteiger partial charge in [0.1, 0.15) is 0 Å². The molecule has 102 valence electrons. The highest BCUT2D eigenvalue weighted by atomic mass is 16.5. The summed E-state index contributed by atoms with van der Waals surface area (Å²) in [5.41, 5.74) is 6.34. The summed E-state index contributed by atoms with van der Waals surface area (Å²) in [4.78, 5) is 0. The van der Waals surface area contributed by atoms with E-state index >= 15 is 0 Å². The lowest BCUT2D eigenvalue weighted by Crippen LogP contribution is -2.52. The van der Waals surface area contributed by atoms with E-state index in [2.05, 4.69) is 27.7 Å². The third kappa shape index (κ3) is 4.23. The first-order valence-electron chi connectivity index (χ1n) is 6.69. The molecule has 0 aromatic rings. The lowest BCUT2D eigenvalue weighted by atomic mass is 9.59. The number of aliphatic hydroxyl groups excluding tert-OH is 1. The molecule has 1 saturated carbocycles. The highest BCUT2D eigenvalue weighted by Crippen LogP contribution is 2.51. The van der Waals surface area contributed by atoms with Crippen LogP contribution in [0.3, 0.4) is 0 Å². The van der Waals surface area contributed by atoms with E-state index in [0.717, 1.165) is 12.8 Å². The van der Waals surface area contributed by atoms with Crippen LogP contribution in [0, 0.1) is 10.8 Å². The van der Waals surface area contributed by atoms with Crippen LogP contribution in [0.5, 0.6) is 0 Å². The molecule has 1 aliphatic carbocycles. The fourth-order valence-corrected chi connectivity index (χ4v) is 3.89. The Morgan fingerprint density at radius 2 is 1.59 bits per heavy atom. The van der Waals surface area contributed by atoms with E-state index in [1.54, 1.807) is 0 Å². The molecule has 0 aliphatic heterocycles. The van der Waals surface area contributed by atoms with Crippen LogP contribution in [-0.2, 0) is 4.74 Å². The first-order chi connectivity index (χ1) is 7.74. The van der Waals surface area contributed by atoms with E-state index in [-0.39, 0.29) is 23.0 Å². The highest BCUT2D eigenvalue weighted by molar-refractivity contribution is 4.99. The van der Waals surface area contributed by atoms with Gasteiger partial charge in [-0.3, -0.25) is 0 Å². The van der Waals surface area contributed by atoms with E-state index in [9.17, 15) is 0 Å². The maximum absolute atomic E-state index is 8.85. The van der Waals surface area contributed by atoms with Crippen LogP contribution >= 0.6 is 0 Å². The van der Waals surface area contributed by atoms with Crippen molar-refractivity contribution in [2.24, 2.45) is 16.6 Å². The van der Waals surface area contributed by atoms with Crippen LogP contribution in [0.4, 0.5) is 0 Å². The van der Waals surface area contributed by atoms with E-state index in [1.165, 1.54) is 6.42 Å². The Bertz CT molecular complexity index is 233. The molecule has 0 amide bonds. The molecule has 3 nitrogen and oxygen atoms in total. The van der Waals surface area contributed by atoms with Crippen LogP contribution in [0.2, 0.25) is 0 Å². The van der Waals surface area contributed by atoms with Crippen molar-refractivity contribution in [1.29, 1.82) is 0 Å². The van der Waals surface area contributed by atoms with E-state index in [1.807, 2.05) is 0 Å². The monoisotopic (exact) mass is 243 g/mol. The fraction of sp³-hybridized carbons (Fsp3) is 1.00. The summed E-state index contributed by atoms with van der Waals surface area (Å²) in [5, 5.41) is 8.85. The normalized spacial score (nSPS) is 25.8. The number of aliphatic hydroxyl groups is 1. The summed E-state index contributed by atoms with van der Waals surface area (Å²) >= 11 is 0. The molecule has 0 aromatic carbocycles. The molecule has 17 heavy (non-hydrogen) atoms. The second-order valence-electron chi connectivity index (χ2n) is 7.17. The average molecular weight is 243 g/mol. The molecule has 0 aromatic heterocycles. The standard InChI is InChI=1S/C14H29NO2/c1-12(2)8-13(3,4)10-14(9-12,11-15)17-7-5-6-16/h16H,5-11,15H2,1-4H3. The summed E-state index contributed by atoms with van der Waals surface area (Å²) in [6.45, 7) is 10.6. The minimum atomic E-state index is -0.194. The van der Waals surface area contributed by atoms with Gasteiger partial charge in [-0.05, 0) is 36.5 Å². The number of rotatable bonds is 5. The van der Waals surface area contributed by atoms with Gasteiger partial charge in [-0.2, -0.15) is 0 Å². The Labute approximate surface area is 106 Å². The summed E-state index contributed by atoms with van der Waals surface area (Å²) in [7, 11) is 0.